The average Bonchev–Trinajstić information content (AvgIpc) is 3.22. The topological polar surface area (TPSA) is 59.8 Å². The number of hydrogen-bond donors (Lipinski definition) is 1. The van der Waals surface area contributed by atoms with E-state index in [1.165, 1.54) is 11.1 Å². The van der Waals surface area contributed by atoms with Gasteiger partial charge in [-0.1, -0.05) is 29.8 Å². The van der Waals surface area contributed by atoms with E-state index in [1.54, 1.807) is 23.0 Å². The number of aromatic nitrogens is 3. The predicted octanol–water partition coefficient (Wildman–Crippen LogP) is 5.18. The lowest BCUT2D eigenvalue weighted by atomic mass is 10.0. The number of nitrogens with one attached hydrogen (secondary N) is 1. The molecule has 0 atom stereocenters. The van der Waals surface area contributed by atoms with Crippen LogP contribution in [0.5, 0.6) is 0 Å². The molecule has 0 saturated carbocycles. The summed E-state index contributed by atoms with van der Waals surface area (Å²) in [5, 5.41) is 8.36. The molecule has 0 saturated heterocycles. The van der Waals surface area contributed by atoms with Crippen molar-refractivity contribution in [3.05, 3.63) is 100 Å². The summed E-state index contributed by atoms with van der Waals surface area (Å²) in [6, 6.07) is 21.1. The molecule has 0 aliphatic carbocycles. The van der Waals surface area contributed by atoms with Gasteiger partial charge >= 0.3 is 0 Å². The van der Waals surface area contributed by atoms with Gasteiger partial charge in [0.25, 0.3) is 5.91 Å². The number of halogens is 1. The van der Waals surface area contributed by atoms with Crippen LogP contribution < -0.4 is 5.32 Å². The van der Waals surface area contributed by atoms with Crippen LogP contribution in [0.3, 0.4) is 0 Å². The Balaban J connectivity index is 1.64. The van der Waals surface area contributed by atoms with E-state index >= 15 is 0 Å². The van der Waals surface area contributed by atoms with Gasteiger partial charge in [-0.15, -0.1) is 0 Å². The molecule has 0 aliphatic heterocycles. The molecule has 1 amide bonds. The highest BCUT2D eigenvalue weighted by molar-refractivity contribution is 6.30. The second-order valence-corrected chi connectivity index (χ2v) is 7.87. The minimum atomic E-state index is -0.187. The number of hydrogen-bond acceptors (Lipinski definition) is 3. The Morgan fingerprint density at radius 3 is 2.52 bits per heavy atom. The van der Waals surface area contributed by atoms with E-state index in [-0.39, 0.29) is 5.91 Å². The quantitative estimate of drug-likeness (QED) is 0.458. The van der Waals surface area contributed by atoms with Crippen molar-refractivity contribution in [2.45, 2.75) is 20.3 Å². The Kier molecular flexibility index (Phi) is 6.14. The fourth-order valence-electron chi connectivity index (χ4n) is 3.30. The third kappa shape index (κ3) is 4.84. The Morgan fingerprint density at radius 2 is 1.81 bits per heavy atom. The molecular formula is C25H23ClN4O. The van der Waals surface area contributed by atoms with Crippen molar-refractivity contribution in [1.29, 1.82) is 0 Å². The molecule has 0 fully saturated rings. The molecule has 0 spiro atoms. The highest BCUT2D eigenvalue weighted by Crippen LogP contribution is 2.24. The van der Waals surface area contributed by atoms with Gasteiger partial charge < -0.3 is 5.32 Å². The van der Waals surface area contributed by atoms with Crippen LogP contribution >= 0.6 is 11.6 Å². The van der Waals surface area contributed by atoms with E-state index < -0.39 is 0 Å². The molecule has 0 unspecified atom stereocenters. The lowest BCUT2D eigenvalue weighted by Crippen LogP contribution is -2.28. The second kappa shape index (κ2) is 9.14. The largest absolute Gasteiger partial charge is 0.350 e. The van der Waals surface area contributed by atoms with Crippen molar-refractivity contribution < 1.29 is 4.79 Å². The monoisotopic (exact) mass is 430 g/mol. The molecule has 0 aliphatic rings. The van der Waals surface area contributed by atoms with E-state index in [2.05, 4.69) is 36.3 Å². The second-order valence-electron chi connectivity index (χ2n) is 7.43. The number of nitrogens with zero attached hydrogens (tertiary/aromatic N) is 3. The maximum Gasteiger partial charge on any atom is 0.270 e. The third-order valence-corrected chi connectivity index (χ3v) is 5.46. The number of amides is 1. The first-order chi connectivity index (χ1) is 15.0. The van der Waals surface area contributed by atoms with Crippen molar-refractivity contribution in [1.82, 2.24) is 20.1 Å². The molecule has 0 radical (unpaired) electrons. The maximum atomic E-state index is 13.0. The standard InChI is InChI=1S/C25H23ClN4O/c1-17-6-7-19(15-18(17)2)23-16-24(30(29-23)22-10-8-20(26)9-11-22)25(31)28-14-12-21-5-3-4-13-27-21/h3-11,13,15-16H,12,14H2,1-2H3,(H,28,31). The highest BCUT2D eigenvalue weighted by Gasteiger charge is 2.18. The number of carbonyl (C=O) groups is 1. The molecule has 2 aromatic carbocycles. The predicted molar refractivity (Wildman–Crippen MR) is 124 cm³/mol. The van der Waals surface area contributed by atoms with Gasteiger partial charge in [-0.05, 0) is 73.5 Å². The Morgan fingerprint density at radius 1 is 1.00 bits per heavy atom. The summed E-state index contributed by atoms with van der Waals surface area (Å²) in [7, 11) is 0. The molecule has 156 valence electrons. The zero-order valence-electron chi connectivity index (χ0n) is 17.5. The average molecular weight is 431 g/mol. The number of pyridine rings is 1. The maximum absolute atomic E-state index is 13.0. The van der Waals surface area contributed by atoms with Crippen molar-refractivity contribution in [3.8, 4) is 16.9 Å². The number of rotatable bonds is 6. The lowest BCUT2D eigenvalue weighted by molar-refractivity contribution is 0.0946. The minimum Gasteiger partial charge on any atom is -0.350 e. The summed E-state index contributed by atoms with van der Waals surface area (Å²) < 4.78 is 1.66. The molecule has 4 rings (SSSR count). The third-order valence-electron chi connectivity index (χ3n) is 5.21. The first-order valence-electron chi connectivity index (χ1n) is 10.1. The fraction of sp³-hybridized carbons (Fsp3) is 0.160. The van der Waals surface area contributed by atoms with Crippen molar-refractivity contribution >= 4 is 17.5 Å². The van der Waals surface area contributed by atoms with Crippen molar-refractivity contribution in [3.63, 3.8) is 0 Å². The van der Waals surface area contributed by atoms with Crippen LogP contribution in [0, 0.1) is 13.8 Å². The van der Waals surface area contributed by atoms with Gasteiger partial charge in [-0.3, -0.25) is 9.78 Å². The summed E-state index contributed by atoms with van der Waals surface area (Å²) in [4.78, 5) is 17.3. The van der Waals surface area contributed by atoms with Crippen LogP contribution in [0.25, 0.3) is 16.9 Å². The molecular weight excluding hydrogens is 408 g/mol. The summed E-state index contributed by atoms with van der Waals surface area (Å²) in [6.07, 6.45) is 2.41. The Hall–Kier alpha value is -3.44. The van der Waals surface area contributed by atoms with Crippen LogP contribution in [0.4, 0.5) is 0 Å². The molecule has 1 N–H and O–H groups in total. The number of carbonyl (C=O) groups excluding carboxylic acids is 1. The molecule has 2 aromatic heterocycles. The van der Waals surface area contributed by atoms with Crippen molar-refractivity contribution in [2.75, 3.05) is 6.54 Å². The van der Waals surface area contributed by atoms with Crippen LogP contribution in [-0.2, 0) is 6.42 Å². The van der Waals surface area contributed by atoms with Gasteiger partial charge in [0.05, 0.1) is 11.4 Å². The van der Waals surface area contributed by atoms with Gasteiger partial charge in [-0.25, -0.2) is 4.68 Å². The zero-order valence-corrected chi connectivity index (χ0v) is 18.2. The first kappa shape index (κ1) is 20.8. The highest BCUT2D eigenvalue weighted by atomic mass is 35.5. The van der Waals surface area contributed by atoms with E-state index in [0.717, 1.165) is 22.6 Å². The number of benzene rings is 2. The SMILES string of the molecule is Cc1ccc(-c2cc(C(=O)NCCc3ccccn3)n(-c3ccc(Cl)cc3)n2)cc1C. The number of aryl methyl sites for hydroxylation is 2. The van der Waals surface area contributed by atoms with Crippen LogP contribution in [0.2, 0.25) is 5.02 Å². The zero-order chi connectivity index (χ0) is 21.8. The van der Waals surface area contributed by atoms with Gasteiger partial charge in [0, 0.05) is 35.4 Å². The molecule has 31 heavy (non-hydrogen) atoms. The van der Waals surface area contributed by atoms with Gasteiger partial charge in [0.15, 0.2) is 0 Å². The Bertz CT molecular complexity index is 1200. The summed E-state index contributed by atoms with van der Waals surface area (Å²) in [5.74, 6) is -0.187. The van der Waals surface area contributed by atoms with Crippen LogP contribution in [0.15, 0.2) is 72.9 Å². The summed E-state index contributed by atoms with van der Waals surface area (Å²) in [5.41, 5.74) is 6.29. The Labute approximate surface area is 186 Å². The lowest BCUT2D eigenvalue weighted by Gasteiger charge is -2.08. The minimum absolute atomic E-state index is 0.187. The normalized spacial score (nSPS) is 10.8. The fourth-order valence-corrected chi connectivity index (χ4v) is 3.43. The first-order valence-corrected chi connectivity index (χ1v) is 10.5. The van der Waals surface area contributed by atoms with E-state index in [9.17, 15) is 4.79 Å². The molecule has 0 bridgehead atoms. The molecule has 6 heteroatoms. The summed E-state index contributed by atoms with van der Waals surface area (Å²) >= 11 is 6.05. The van der Waals surface area contributed by atoms with E-state index in [4.69, 9.17) is 16.7 Å². The smallest absolute Gasteiger partial charge is 0.270 e. The van der Waals surface area contributed by atoms with Gasteiger partial charge in [0.2, 0.25) is 0 Å². The van der Waals surface area contributed by atoms with Crippen molar-refractivity contribution in [2.24, 2.45) is 0 Å². The van der Waals surface area contributed by atoms with Crippen LogP contribution in [-0.4, -0.2) is 27.2 Å². The molecule has 4 aromatic rings. The summed E-state index contributed by atoms with van der Waals surface area (Å²) in [6.45, 7) is 4.63. The van der Waals surface area contributed by atoms with Gasteiger partial charge in [0.1, 0.15) is 5.69 Å². The van der Waals surface area contributed by atoms with E-state index in [1.807, 2.05) is 42.5 Å². The van der Waals surface area contributed by atoms with E-state index in [0.29, 0.717) is 23.7 Å². The van der Waals surface area contributed by atoms with Gasteiger partial charge in [-0.2, -0.15) is 5.10 Å². The molecule has 2 heterocycles. The van der Waals surface area contributed by atoms with Crippen LogP contribution in [0.1, 0.15) is 27.3 Å². The molecule has 5 nitrogen and oxygen atoms in total.